The van der Waals surface area contributed by atoms with Crippen molar-refractivity contribution in [1.82, 2.24) is 0 Å². The van der Waals surface area contributed by atoms with E-state index in [0.717, 1.165) is 30.7 Å². The Balaban J connectivity index is 2.20. The van der Waals surface area contributed by atoms with Gasteiger partial charge >= 0.3 is 6.99 Å². The van der Waals surface area contributed by atoms with E-state index in [-0.39, 0.29) is 0 Å². The number of halogens is 2. The summed E-state index contributed by atoms with van der Waals surface area (Å²) in [6.07, 6.45) is 0. The van der Waals surface area contributed by atoms with E-state index in [2.05, 4.69) is 28.1 Å². The van der Waals surface area contributed by atoms with Gasteiger partial charge in [0.25, 0.3) is 0 Å². The molecule has 0 amide bonds. The Morgan fingerprint density at radius 3 is 2.48 bits per heavy atom. The Bertz CT molecular complexity index is 783. The molecule has 3 rings (SSSR count). The molecule has 0 atom stereocenters. The first-order valence-corrected chi connectivity index (χ1v) is 8.21. The standard InChI is InChI=1S/C16H13BBrFOS/c1-17(19)11-5-8-13-14(9-11)21-16(15(13)20-2)10-3-6-12(18)7-4-10/h3-9H,1-2H3. The summed E-state index contributed by atoms with van der Waals surface area (Å²) in [6.45, 7) is 0.598. The fraction of sp³-hybridized carbons (Fsp3) is 0.125. The van der Waals surface area contributed by atoms with E-state index < -0.39 is 6.99 Å². The lowest BCUT2D eigenvalue weighted by molar-refractivity contribution is 0.423. The van der Waals surface area contributed by atoms with Gasteiger partial charge in [0.1, 0.15) is 5.75 Å². The molecule has 1 heterocycles. The van der Waals surface area contributed by atoms with Crippen molar-refractivity contribution in [2.24, 2.45) is 0 Å². The number of ether oxygens (including phenoxy) is 1. The van der Waals surface area contributed by atoms with Crippen molar-refractivity contribution in [2.75, 3.05) is 7.11 Å². The van der Waals surface area contributed by atoms with Crippen LogP contribution in [0.15, 0.2) is 46.9 Å². The van der Waals surface area contributed by atoms with Gasteiger partial charge in [-0.15, -0.1) is 11.3 Å². The van der Waals surface area contributed by atoms with Gasteiger partial charge in [-0.3, -0.25) is 0 Å². The van der Waals surface area contributed by atoms with Crippen LogP contribution in [-0.2, 0) is 0 Å². The van der Waals surface area contributed by atoms with Gasteiger partial charge < -0.3 is 9.05 Å². The van der Waals surface area contributed by atoms with E-state index in [1.165, 1.54) is 0 Å². The fourth-order valence-electron chi connectivity index (χ4n) is 2.33. The van der Waals surface area contributed by atoms with E-state index in [9.17, 15) is 4.32 Å². The van der Waals surface area contributed by atoms with Gasteiger partial charge in [0.05, 0.1) is 12.0 Å². The molecule has 2 aromatic carbocycles. The van der Waals surface area contributed by atoms with Crippen LogP contribution in [0, 0.1) is 0 Å². The van der Waals surface area contributed by atoms with Gasteiger partial charge in [-0.05, 0) is 36.0 Å². The highest BCUT2D eigenvalue weighted by Crippen LogP contribution is 2.44. The molecule has 1 aromatic heterocycles. The van der Waals surface area contributed by atoms with E-state index >= 15 is 0 Å². The average Bonchev–Trinajstić information content (AvgIpc) is 2.85. The van der Waals surface area contributed by atoms with Crippen LogP contribution < -0.4 is 10.2 Å². The van der Waals surface area contributed by atoms with Gasteiger partial charge in [-0.1, -0.05) is 40.2 Å². The molecule has 0 fully saturated rings. The number of hydrogen-bond acceptors (Lipinski definition) is 2. The first-order chi connectivity index (χ1) is 10.1. The van der Waals surface area contributed by atoms with Gasteiger partial charge in [-0.25, -0.2) is 0 Å². The molecule has 0 aliphatic carbocycles. The molecule has 0 N–H and O–H groups in total. The SMILES string of the molecule is COc1c(-c2ccc(Br)cc2)sc2cc(B(C)F)ccc12. The number of methoxy groups -OCH3 is 1. The Hall–Kier alpha value is -1.33. The van der Waals surface area contributed by atoms with Gasteiger partial charge in [0.15, 0.2) is 0 Å². The number of hydrogen-bond donors (Lipinski definition) is 0. The molecule has 5 heteroatoms. The first kappa shape index (κ1) is 14.6. The summed E-state index contributed by atoms with van der Waals surface area (Å²) in [4.78, 5) is 1.07. The van der Waals surface area contributed by atoms with Crippen molar-refractivity contribution in [1.29, 1.82) is 0 Å². The Kier molecular flexibility index (Phi) is 4.04. The highest BCUT2D eigenvalue weighted by molar-refractivity contribution is 9.10. The van der Waals surface area contributed by atoms with Gasteiger partial charge in [0, 0.05) is 14.6 Å². The molecule has 21 heavy (non-hydrogen) atoms. The van der Waals surface area contributed by atoms with Crippen LogP contribution in [0.25, 0.3) is 20.5 Å². The number of thiophene rings is 1. The molecule has 1 nitrogen and oxygen atoms in total. The maximum absolute atomic E-state index is 13.5. The molecule has 0 unspecified atom stereocenters. The predicted octanol–water partition coefficient (Wildman–Crippen LogP) is 5.14. The predicted molar refractivity (Wildman–Crippen MR) is 93.9 cm³/mol. The highest BCUT2D eigenvalue weighted by Gasteiger charge is 2.17. The third kappa shape index (κ3) is 2.72. The van der Waals surface area contributed by atoms with Crippen molar-refractivity contribution < 1.29 is 9.05 Å². The lowest BCUT2D eigenvalue weighted by atomic mass is 9.67. The summed E-state index contributed by atoms with van der Waals surface area (Å²) in [5.41, 5.74) is 1.81. The number of fused-ring (bicyclic) bond motifs is 1. The van der Waals surface area contributed by atoms with Gasteiger partial charge in [-0.2, -0.15) is 0 Å². The molecule has 0 aliphatic rings. The smallest absolute Gasteiger partial charge is 0.377 e. The van der Waals surface area contributed by atoms with Crippen LogP contribution in [0.1, 0.15) is 0 Å². The van der Waals surface area contributed by atoms with E-state index in [0.29, 0.717) is 5.46 Å². The Labute approximate surface area is 136 Å². The van der Waals surface area contributed by atoms with Crippen molar-refractivity contribution in [3.8, 4) is 16.2 Å². The first-order valence-electron chi connectivity index (χ1n) is 6.60. The Morgan fingerprint density at radius 1 is 1.14 bits per heavy atom. The summed E-state index contributed by atoms with van der Waals surface area (Å²) < 4.78 is 21.2. The van der Waals surface area contributed by atoms with E-state index in [1.807, 2.05) is 30.3 Å². The molecule has 0 saturated carbocycles. The van der Waals surface area contributed by atoms with E-state index in [1.54, 1.807) is 25.3 Å². The molecular formula is C16H13BBrFOS. The lowest BCUT2D eigenvalue weighted by Gasteiger charge is -2.04. The minimum absolute atomic E-state index is 0.703. The van der Waals surface area contributed by atoms with E-state index in [4.69, 9.17) is 4.74 Å². The normalized spacial score (nSPS) is 10.9. The zero-order chi connectivity index (χ0) is 15.0. The van der Waals surface area contributed by atoms with Crippen LogP contribution in [0.4, 0.5) is 4.32 Å². The zero-order valence-corrected chi connectivity index (χ0v) is 14.1. The largest absolute Gasteiger partial charge is 0.495 e. The molecule has 0 spiro atoms. The maximum Gasteiger partial charge on any atom is 0.377 e. The lowest BCUT2D eigenvalue weighted by Crippen LogP contribution is -2.20. The zero-order valence-electron chi connectivity index (χ0n) is 11.7. The van der Waals surface area contributed by atoms with Crippen LogP contribution >= 0.6 is 27.3 Å². The molecule has 106 valence electrons. The second-order valence-corrected chi connectivity index (χ2v) is 6.81. The second kappa shape index (κ2) is 5.81. The molecule has 3 aromatic rings. The molecule has 0 bridgehead atoms. The second-order valence-electron chi connectivity index (χ2n) is 4.84. The van der Waals surface area contributed by atoms with Crippen molar-refractivity contribution in [3.05, 3.63) is 46.9 Å². The number of benzene rings is 2. The van der Waals surface area contributed by atoms with Gasteiger partial charge in [0.2, 0.25) is 0 Å². The van der Waals surface area contributed by atoms with Crippen LogP contribution in [0.5, 0.6) is 5.75 Å². The van der Waals surface area contributed by atoms with Crippen LogP contribution in [0.3, 0.4) is 0 Å². The minimum Gasteiger partial charge on any atom is -0.495 e. The summed E-state index contributed by atoms with van der Waals surface area (Å²) in [6, 6.07) is 13.8. The Morgan fingerprint density at radius 2 is 1.86 bits per heavy atom. The third-order valence-corrected chi connectivity index (χ3v) is 5.15. The molecule has 0 aliphatic heterocycles. The summed E-state index contributed by atoms with van der Waals surface area (Å²) >= 11 is 5.08. The maximum atomic E-state index is 13.5. The quantitative estimate of drug-likeness (QED) is 0.586. The average molecular weight is 363 g/mol. The highest BCUT2D eigenvalue weighted by atomic mass is 79.9. The van der Waals surface area contributed by atoms with Crippen molar-refractivity contribution in [2.45, 2.75) is 6.82 Å². The third-order valence-electron chi connectivity index (χ3n) is 3.44. The summed E-state index contributed by atoms with van der Waals surface area (Å²) in [5, 5.41) is 1.03. The fourth-order valence-corrected chi connectivity index (χ4v) is 3.82. The van der Waals surface area contributed by atoms with Crippen molar-refractivity contribution >= 4 is 49.8 Å². The monoisotopic (exact) mass is 362 g/mol. The van der Waals surface area contributed by atoms with Crippen LogP contribution in [0.2, 0.25) is 6.82 Å². The molecule has 0 radical (unpaired) electrons. The summed E-state index contributed by atoms with van der Waals surface area (Å²) in [7, 11) is 1.68. The topological polar surface area (TPSA) is 9.23 Å². The van der Waals surface area contributed by atoms with Crippen LogP contribution in [-0.4, -0.2) is 14.1 Å². The van der Waals surface area contributed by atoms with Crippen molar-refractivity contribution in [3.63, 3.8) is 0 Å². The number of rotatable bonds is 3. The molecular weight excluding hydrogens is 350 g/mol. The minimum atomic E-state index is -0.960. The molecule has 0 saturated heterocycles. The summed E-state index contributed by atoms with van der Waals surface area (Å²) in [5.74, 6) is 0.857.